The molecule has 2 N–H and O–H groups in total. The van der Waals surface area contributed by atoms with Crippen LogP contribution in [-0.4, -0.2) is 34.9 Å². The number of nitrogens with one attached hydrogen (secondary N) is 1. The standard InChI is InChI=1S/C17H19N3O3/c1-10(2)16(3)14(21)19-13(20-16)17(15(22)23)8-11-6-4-5-7-12(11)18-9-17/h4-8,10H,9H2,1-3H3,(H,22,23)(H,19,20,21). The van der Waals surface area contributed by atoms with Gasteiger partial charge in [0.05, 0.1) is 11.9 Å². The van der Waals surface area contributed by atoms with Gasteiger partial charge in [0.1, 0.15) is 11.4 Å². The van der Waals surface area contributed by atoms with Crippen molar-refractivity contribution in [3.05, 3.63) is 34.8 Å². The topological polar surface area (TPSA) is 91.1 Å². The van der Waals surface area contributed by atoms with Crippen molar-refractivity contribution < 1.29 is 14.7 Å². The molecule has 0 aromatic heterocycles. The molecule has 2 heterocycles. The van der Waals surface area contributed by atoms with Gasteiger partial charge in [0.25, 0.3) is 5.91 Å². The minimum Gasteiger partial charge on any atom is -0.480 e. The van der Waals surface area contributed by atoms with E-state index < -0.39 is 16.9 Å². The largest absolute Gasteiger partial charge is 0.480 e. The summed E-state index contributed by atoms with van der Waals surface area (Å²) in [5.74, 6) is -1.21. The Hall–Kier alpha value is -2.50. The van der Waals surface area contributed by atoms with E-state index in [-0.39, 0.29) is 24.2 Å². The molecule has 6 nitrogen and oxygen atoms in total. The minimum atomic E-state index is -1.43. The lowest BCUT2D eigenvalue weighted by Crippen LogP contribution is -2.51. The van der Waals surface area contributed by atoms with Crippen LogP contribution in [0, 0.1) is 11.3 Å². The van der Waals surface area contributed by atoms with Crippen LogP contribution in [0.3, 0.4) is 0 Å². The van der Waals surface area contributed by atoms with Gasteiger partial charge in [0, 0.05) is 0 Å². The number of amides is 1. The molecule has 0 radical (unpaired) electrons. The van der Waals surface area contributed by atoms with Gasteiger partial charge in [0.2, 0.25) is 0 Å². The molecule has 3 rings (SSSR count). The van der Waals surface area contributed by atoms with Crippen LogP contribution < -0.4 is 15.9 Å². The summed E-state index contributed by atoms with van der Waals surface area (Å²) in [5, 5.41) is 14.0. The molecule has 0 saturated carbocycles. The molecule has 2 atom stereocenters. The van der Waals surface area contributed by atoms with Gasteiger partial charge in [-0.25, -0.2) is 0 Å². The maximum atomic E-state index is 12.3. The summed E-state index contributed by atoms with van der Waals surface area (Å²) < 4.78 is 0. The molecule has 1 aromatic rings. The molecule has 0 saturated heterocycles. The van der Waals surface area contributed by atoms with Gasteiger partial charge in [-0.2, -0.15) is 0 Å². The summed E-state index contributed by atoms with van der Waals surface area (Å²) in [6.45, 7) is 5.53. The van der Waals surface area contributed by atoms with Gasteiger partial charge in [-0.05, 0) is 30.2 Å². The first kappa shape index (κ1) is 15.4. The van der Waals surface area contributed by atoms with Gasteiger partial charge < -0.3 is 10.4 Å². The fourth-order valence-electron chi connectivity index (χ4n) is 2.80. The number of benzene rings is 1. The van der Waals surface area contributed by atoms with E-state index in [1.54, 1.807) is 13.0 Å². The van der Waals surface area contributed by atoms with Crippen molar-refractivity contribution in [2.75, 3.05) is 6.54 Å². The van der Waals surface area contributed by atoms with Crippen LogP contribution in [0.4, 0.5) is 0 Å². The average molecular weight is 313 g/mol. The molecule has 2 aliphatic rings. The monoisotopic (exact) mass is 313 g/mol. The summed E-state index contributed by atoms with van der Waals surface area (Å²) in [7, 11) is 0. The number of para-hydroxylation sites is 1. The first-order chi connectivity index (χ1) is 10.8. The van der Waals surface area contributed by atoms with E-state index in [1.807, 2.05) is 38.1 Å². The average Bonchev–Trinajstić information content (AvgIpc) is 2.84. The van der Waals surface area contributed by atoms with Crippen molar-refractivity contribution in [3.63, 3.8) is 0 Å². The molecule has 2 unspecified atom stereocenters. The number of hydrogen-bond donors (Lipinski definition) is 2. The molecule has 0 fully saturated rings. The summed E-state index contributed by atoms with van der Waals surface area (Å²) in [6.07, 6.45) is 1.64. The first-order valence-electron chi connectivity index (χ1n) is 7.57. The number of fused-ring (bicyclic) bond motifs is 1. The Morgan fingerprint density at radius 2 is 2.04 bits per heavy atom. The Kier molecular flexibility index (Phi) is 3.35. The second kappa shape index (κ2) is 5.01. The Balaban J connectivity index is 2.18. The molecule has 0 spiro atoms. The number of nitrogens with zero attached hydrogens (tertiary/aromatic N) is 2. The molecule has 120 valence electrons. The lowest BCUT2D eigenvalue weighted by atomic mass is 9.83. The molecule has 23 heavy (non-hydrogen) atoms. The van der Waals surface area contributed by atoms with Crippen LogP contribution in [0.25, 0.3) is 6.08 Å². The number of carbonyl (C=O) groups is 2. The lowest BCUT2D eigenvalue weighted by molar-refractivity contribution is -0.141. The summed E-state index contributed by atoms with van der Waals surface area (Å²) >= 11 is 0. The van der Waals surface area contributed by atoms with Gasteiger partial charge in [-0.1, -0.05) is 32.0 Å². The summed E-state index contributed by atoms with van der Waals surface area (Å²) in [4.78, 5) is 33.2. The van der Waals surface area contributed by atoms with Crippen molar-refractivity contribution in [3.8, 4) is 0 Å². The highest BCUT2D eigenvalue weighted by atomic mass is 16.4. The van der Waals surface area contributed by atoms with Crippen molar-refractivity contribution in [2.24, 2.45) is 21.3 Å². The molecule has 1 amide bonds. The van der Waals surface area contributed by atoms with E-state index >= 15 is 0 Å². The number of rotatable bonds is 3. The van der Waals surface area contributed by atoms with Crippen molar-refractivity contribution in [1.29, 1.82) is 0 Å². The fraction of sp³-hybridized carbons (Fsp3) is 0.412. The van der Waals surface area contributed by atoms with Crippen molar-refractivity contribution in [2.45, 2.75) is 26.3 Å². The number of aliphatic carboxylic acids is 1. The quantitative estimate of drug-likeness (QED) is 0.830. The van der Waals surface area contributed by atoms with Crippen LogP contribution in [0.15, 0.2) is 34.3 Å². The van der Waals surface area contributed by atoms with Crippen molar-refractivity contribution in [1.82, 2.24) is 5.32 Å². The van der Waals surface area contributed by atoms with Gasteiger partial charge in [-0.15, -0.1) is 0 Å². The predicted molar refractivity (Wildman–Crippen MR) is 85.4 cm³/mol. The SMILES string of the molecule is CC(C)C1(C)N=C(C2(C(=O)O)C=c3ccccc3=NC2)NC1=O. The van der Waals surface area contributed by atoms with E-state index in [4.69, 9.17) is 0 Å². The number of aliphatic imine (C=N–C) groups is 1. The number of carbonyl (C=O) groups excluding carboxylic acids is 1. The normalized spacial score (nSPS) is 29.2. The highest BCUT2D eigenvalue weighted by molar-refractivity contribution is 6.20. The summed E-state index contributed by atoms with van der Waals surface area (Å²) in [6, 6.07) is 7.34. The van der Waals surface area contributed by atoms with Gasteiger partial charge >= 0.3 is 5.97 Å². The second-order valence-electron chi connectivity index (χ2n) is 6.51. The maximum Gasteiger partial charge on any atom is 0.323 e. The highest BCUT2D eigenvalue weighted by Crippen LogP contribution is 2.32. The van der Waals surface area contributed by atoms with Crippen LogP contribution in [-0.2, 0) is 9.59 Å². The molecular formula is C17H19N3O3. The molecule has 0 bridgehead atoms. The third-order valence-corrected chi connectivity index (χ3v) is 4.80. The van der Waals surface area contributed by atoms with E-state index in [9.17, 15) is 14.7 Å². The molecule has 6 heteroatoms. The van der Waals surface area contributed by atoms with E-state index in [1.165, 1.54) is 0 Å². The Morgan fingerprint density at radius 1 is 1.35 bits per heavy atom. The van der Waals surface area contributed by atoms with Crippen LogP contribution in [0.5, 0.6) is 0 Å². The smallest absolute Gasteiger partial charge is 0.323 e. The number of carboxylic acids is 1. The molecular weight excluding hydrogens is 294 g/mol. The third-order valence-electron chi connectivity index (χ3n) is 4.80. The zero-order valence-corrected chi connectivity index (χ0v) is 13.3. The number of hydrogen-bond acceptors (Lipinski definition) is 4. The minimum absolute atomic E-state index is 0.0205. The van der Waals surface area contributed by atoms with Crippen LogP contribution in [0.1, 0.15) is 20.8 Å². The molecule has 0 aliphatic carbocycles. The third kappa shape index (κ3) is 2.17. The van der Waals surface area contributed by atoms with E-state index in [0.717, 1.165) is 10.6 Å². The lowest BCUT2D eigenvalue weighted by Gasteiger charge is -2.26. The van der Waals surface area contributed by atoms with Crippen LogP contribution in [0.2, 0.25) is 0 Å². The number of carboxylic acid groups (broad SMARTS) is 1. The van der Waals surface area contributed by atoms with E-state index in [0.29, 0.717) is 0 Å². The summed E-state index contributed by atoms with van der Waals surface area (Å²) in [5.41, 5.74) is -2.39. The predicted octanol–water partition coefficient (Wildman–Crippen LogP) is 0.114. The van der Waals surface area contributed by atoms with Gasteiger partial charge in [0.15, 0.2) is 5.41 Å². The zero-order valence-electron chi connectivity index (χ0n) is 13.3. The first-order valence-corrected chi connectivity index (χ1v) is 7.57. The Morgan fingerprint density at radius 3 is 2.65 bits per heavy atom. The van der Waals surface area contributed by atoms with Gasteiger partial charge in [-0.3, -0.25) is 19.6 Å². The maximum absolute atomic E-state index is 12.3. The fourth-order valence-corrected chi connectivity index (χ4v) is 2.80. The Bertz CT molecular complexity index is 843. The highest BCUT2D eigenvalue weighted by Gasteiger charge is 2.51. The second-order valence-corrected chi connectivity index (χ2v) is 6.51. The molecule has 1 aromatic carbocycles. The van der Waals surface area contributed by atoms with Crippen LogP contribution >= 0.6 is 0 Å². The zero-order chi connectivity index (χ0) is 16.8. The molecule has 2 aliphatic heterocycles. The van der Waals surface area contributed by atoms with E-state index in [2.05, 4.69) is 15.3 Å². The Labute approximate surface area is 133 Å². The van der Waals surface area contributed by atoms with Crippen molar-refractivity contribution >= 4 is 23.8 Å². The number of amidine groups is 1.